The third-order valence-corrected chi connectivity index (χ3v) is 4.79. The molecule has 3 rings (SSSR count). The summed E-state index contributed by atoms with van der Waals surface area (Å²) in [5, 5.41) is 14.8. The summed E-state index contributed by atoms with van der Waals surface area (Å²) in [6.07, 6.45) is 0. The monoisotopic (exact) mass is 430 g/mol. The fourth-order valence-electron chi connectivity index (χ4n) is 3.03. The van der Waals surface area contributed by atoms with Crippen LogP contribution in [-0.2, 0) is 14.3 Å². The number of nitrogens with zero attached hydrogens (tertiary/aromatic N) is 2. The van der Waals surface area contributed by atoms with E-state index in [4.69, 9.17) is 29.3 Å². The molecule has 0 amide bonds. The first-order valence-electron chi connectivity index (χ1n) is 10.2. The van der Waals surface area contributed by atoms with E-state index >= 15 is 0 Å². The van der Waals surface area contributed by atoms with E-state index in [1.54, 1.807) is 0 Å². The normalized spacial score (nSPS) is 14.4. The lowest BCUT2D eigenvalue weighted by atomic mass is 10.1. The highest BCUT2D eigenvalue weighted by atomic mass is 16.5. The van der Waals surface area contributed by atoms with E-state index < -0.39 is 11.9 Å². The number of rotatable bonds is 8. The minimum absolute atomic E-state index is 0.576. The van der Waals surface area contributed by atoms with Crippen molar-refractivity contribution in [3.63, 3.8) is 0 Å². The largest absolute Gasteiger partial charge is 0.491 e. The second kappa shape index (κ2) is 13.4. The van der Waals surface area contributed by atoms with E-state index in [0.717, 1.165) is 50.6 Å². The molecule has 0 bridgehead atoms. The van der Waals surface area contributed by atoms with Crippen LogP contribution in [0.2, 0.25) is 0 Å². The summed E-state index contributed by atoms with van der Waals surface area (Å²) < 4.78 is 11.7. The van der Waals surface area contributed by atoms with Crippen molar-refractivity contribution in [3.8, 4) is 16.9 Å². The molecule has 1 aliphatic rings. The van der Waals surface area contributed by atoms with Crippen LogP contribution in [0.1, 0.15) is 0 Å². The number of benzene rings is 2. The molecule has 0 aliphatic carbocycles. The maximum Gasteiger partial charge on any atom is 0.414 e. The Balaban J connectivity index is 0.000000501. The molecule has 1 aliphatic heterocycles. The van der Waals surface area contributed by atoms with Crippen LogP contribution >= 0.6 is 0 Å². The van der Waals surface area contributed by atoms with E-state index in [0.29, 0.717) is 13.2 Å². The highest BCUT2D eigenvalue weighted by Gasteiger charge is 2.12. The first-order chi connectivity index (χ1) is 15.0. The van der Waals surface area contributed by atoms with Gasteiger partial charge in [-0.25, -0.2) is 9.59 Å². The first-order valence-corrected chi connectivity index (χ1v) is 10.2. The molecule has 2 aromatic rings. The predicted molar refractivity (Wildman–Crippen MR) is 117 cm³/mol. The number of carbonyl (C=O) groups is 2. The van der Waals surface area contributed by atoms with E-state index in [-0.39, 0.29) is 0 Å². The summed E-state index contributed by atoms with van der Waals surface area (Å²) in [5.74, 6) is -2.73. The Hall–Kier alpha value is -2.94. The van der Waals surface area contributed by atoms with Gasteiger partial charge in [0.25, 0.3) is 0 Å². The van der Waals surface area contributed by atoms with Crippen molar-refractivity contribution in [2.24, 2.45) is 0 Å². The smallest absolute Gasteiger partial charge is 0.414 e. The van der Waals surface area contributed by atoms with Crippen LogP contribution in [-0.4, -0.2) is 91.5 Å². The van der Waals surface area contributed by atoms with Crippen molar-refractivity contribution in [2.75, 3.05) is 59.6 Å². The number of ether oxygens (including phenoxy) is 2. The fraction of sp³-hybridized carbons (Fsp3) is 0.391. The predicted octanol–water partition coefficient (Wildman–Crippen LogP) is 2.15. The van der Waals surface area contributed by atoms with Gasteiger partial charge in [0.05, 0.1) is 13.2 Å². The fourth-order valence-corrected chi connectivity index (χ4v) is 3.03. The van der Waals surface area contributed by atoms with Gasteiger partial charge in [0.15, 0.2) is 0 Å². The van der Waals surface area contributed by atoms with Gasteiger partial charge in [-0.3, -0.25) is 4.90 Å². The molecular formula is C23H30N2O6. The second-order valence-corrected chi connectivity index (χ2v) is 7.08. The quantitative estimate of drug-likeness (QED) is 0.486. The van der Waals surface area contributed by atoms with Crippen LogP contribution in [0.3, 0.4) is 0 Å². The van der Waals surface area contributed by atoms with Crippen LogP contribution < -0.4 is 4.74 Å². The molecule has 8 heteroatoms. The Morgan fingerprint density at radius 2 is 1.45 bits per heavy atom. The van der Waals surface area contributed by atoms with Gasteiger partial charge >= 0.3 is 11.9 Å². The lowest BCUT2D eigenvalue weighted by Gasteiger charge is -2.32. The molecule has 8 nitrogen and oxygen atoms in total. The van der Waals surface area contributed by atoms with Crippen molar-refractivity contribution in [2.45, 2.75) is 0 Å². The Morgan fingerprint density at radius 3 is 2.10 bits per heavy atom. The van der Waals surface area contributed by atoms with Crippen molar-refractivity contribution >= 4 is 11.9 Å². The molecule has 1 fully saturated rings. The second-order valence-electron chi connectivity index (χ2n) is 7.08. The molecule has 0 saturated carbocycles. The summed E-state index contributed by atoms with van der Waals surface area (Å²) in [4.78, 5) is 23.0. The third-order valence-electron chi connectivity index (χ3n) is 4.79. The molecule has 0 radical (unpaired) electrons. The third kappa shape index (κ3) is 9.17. The van der Waals surface area contributed by atoms with Crippen molar-refractivity contribution in [1.82, 2.24) is 9.80 Å². The number of aliphatic carboxylic acids is 2. The standard InChI is InChI=1S/C21H28N2O2.C2H2O4/c1-22-11-13-23(14-12-22)15-16-24-17-18-25-21-10-6-5-9-20(21)19-7-3-2-4-8-19;3-1(4)2(5)6/h2-10H,11-18H2,1H3;(H,3,4)(H,5,6). The average Bonchev–Trinajstić information content (AvgIpc) is 2.78. The van der Waals surface area contributed by atoms with Crippen LogP contribution in [0.15, 0.2) is 54.6 Å². The molecule has 0 aromatic heterocycles. The first kappa shape index (κ1) is 24.3. The van der Waals surface area contributed by atoms with Crippen molar-refractivity contribution in [1.29, 1.82) is 0 Å². The van der Waals surface area contributed by atoms with Gasteiger partial charge in [-0.05, 0) is 18.7 Å². The van der Waals surface area contributed by atoms with Crippen LogP contribution in [0.4, 0.5) is 0 Å². The molecule has 1 saturated heterocycles. The average molecular weight is 431 g/mol. The van der Waals surface area contributed by atoms with Gasteiger partial charge in [0, 0.05) is 38.3 Å². The zero-order chi connectivity index (χ0) is 22.5. The maximum atomic E-state index is 9.10. The minimum atomic E-state index is -1.82. The Kier molecular flexibility index (Phi) is 10.5. The molecule has 168 valence electrons. The van der Waals surface area contributed by atoms with E-state index in [9.17, 15) is 0 Å². The lowest BCUT2D eigenvalue weighted by Crippen LogP contribution is -2.45. The van der Waals surface area contributed by atoms with Gasteiger partial charge in [0.1, 0.15) is 12.4 Å². The topological polar surface area (TPSA) is 99.5 Å². The minimum Gasteiger partial charge on any atom is -0.491 e. The molecule has 1 heterocycles. The molecule has 0 spiro atoms. The molecule has 0 unspecified atom stereocenters. The Bertz CT molecular complexity index is 795. The number of hydrogen-bond donors (Lipinski definition) is 2. The SMILES string of the molecule is CN1CCN(CCOCCOc2ccccc2-c2ccccc2)CC1.O=C(O)C(=O)O. The summed E-state index contributed by atoms with van der Waals surface area (Å²) in [6, 6.07) is 18.5. The number of hydrogen-bond acceptors (Lipinski definition) is 6. The number of carboxylic acid groups (broad SMARTS) is 2. The highest BCUT2D eigenvalue weighted by molar-refractivity contribution is 6.27. The van der Waals surface area contributed by atoms with Crippen molar-refractivity contribution < 1.29 is 29.3 Å². The highest BCUT2D eigenvalue weighted by Crippen LogP contribution is 2.29. The maximum absolute atomic E-state index is 9.10. The van der Waals surface area contributed by atoms with Crippen LogP contribution in [0.25, 0.3) is 11.1 Å². The van der Waals surface area contributed by atoms with Gasteiger partial charge in [-0.2, -0.15) is 0 Å². The number of para-hydroxylation sites is 1. The van der Waals surface area contributed by atoms with E-state index in [2.05, 4.69) is 35.0 Å². The lowest BCUT2D eigenvalue weighted by molar-refractivity contribution is -0.159. The van der Waals surface area contributed by atoms with E-state index in [1.165, 1.54) is 5.56 Å². The number of likely N-dealkylation sites (N-methyl/N-ethyl adjacent to an activating group) is 1. The zero-order valence-corrected chi connectivity index (χ0v) is 17.8. The van der Waals surface area contributed by atoms with Gasteiger partial charge < -0.3 is 24.6 Å². The molecule has 31 heavy (non-hydrogen) atoms. The van der Waals surface area contributed by atoms with Gasteiger partial charge in [0.2, 0.25) is 0 Å². The van der Waals surface area contributed by atoms with Gasteiger partial charge in [-0.1, -0.05) is 48.5 Å². The van der Waals surface area contributed by atoms with Crippen molar-refractivity contribution in [3.05, 3.63) is 54.6 Å². The van der Waals surface area contributed by atoms with Gasteiger partial charge in [-0.15, -0.1) is 0 Å². The summed E-state index contributed by atoms with van der Waals surface area (Å²) in [6.45, 7) is 7.56. The number of piperazine rings is 1. The van der Waals surface area contributed by atoms with Crippen LogP contribution in [0.5, 0.6) is 5.75 Å². The van der Waals surface area contributed by atoms with E-state index in [1.807, 2.05) is 36.4 Å². The molecule has 0 atom stereocenters. The molecular weight excluding hydrogens is 400 g/mol. The summed E-state index contributed by atoms with van der Waals surface area (Å²) in [5.41, 5.74) is 2.30. The Morgan fingerprint density at radius 1 is 0.839 bits per heavy atom. The summed E-state index contributed by atoms with van der Waals surface area (Å²) >= 11 is 0. The Labute approximate surface area is 182 Å². The zero-order valence-electron chi connectivity index (χ0n) is 17.8. The number of carboxylic acids is 2. The molecule has 2 aromatic carbocycles. The van der Waals surface area contributed by atoms with Crippen LogP contribution in [0, 0.1) is 0 Å². The summed E-state index contributed by atoms with van der Waals surface area (Å²) in [7, 11) is 2.18. The molecule has 2 N–H and O–H groups in total.